The Kier molecular flexibility index (Phi) is 6.06. The predicted molar refractivity (Wildman–Crippen MR) is 101 cm³/mol. The van der Waals surface area contributed by atoms with Gasteiger partial charge in [-0.3, -0.25) is 0 Å². The lowest BCUT2D eigenvalue weighted by Crippen LogP contribution is -2.36. The number of halogens is 3. The second-order valence-electron chi connectivity index (χ2n) is 6.89. The van der Waals surface area contributed by atoms with Gasteiger partial charge in [-0.1, -0.05) is 18.2 Å². The van der Waals surface area contributed by atoms with E-state index in [4.69, 9.17) is 0 Å². The van der Waals surface area contributed by atoms with Crippen LogP contribution in [0.5, 0.6) is 0 Å². The highest BCUT2D eigenvalue weighted by Gasteiger charge is 2.30. The van der Waals surface area contributed by atoms with Crippen molar-refractivity contribution in [3.05, 3.63) is 59.3 Å². The molecule has 2 N–H and O–H groups in total. The first-order valence-electron chi connectivity index (χ1n) is 9.24. The molecule has 1 unspecified atom stereocenters. The zero-order chi connectivity index (χ0) is 20.1. The Morgan fingerprint density at radius 3 is 2.61 bits per heavy atom. The first-order chi connectivity index (χ1) is 13.3. The molecule has 0 spiro atoms. The van der Waals surface area contributed by atoms with Gasteiger partial charge in [-0.2, -0.15) is 13.2 Å². The third-order valence-electron chi connectivity index (χ3n) is 4.75. The number of urea groups is 1. The van der Waals surface area contributed by atoms with Crippen LogP contribution in [0.2, 0.25) is 0 Å². The molecule has 3 rings (SSSR count). The number of hydrogen-bond acceptors (Lipinski definition) is 3. The molecule has 150 valence electrons. The van der Waals surface area contributed by atoms with Crippen LogP contribution in [-0.2, 0) is 12.7 Å². The normalized spacial score (nSPS) is 15.4. The van der Waals surface area contributed by atoms with Gasteiger partial charge in [0.1, 0.15) is 5.82 Å². The molecule has 1 aliphatic rings. The standard InChI is InChI=1S/C20H23F3N4O/c1-14(16-5-4-6-17(11-16)20(21,22)23)26-19(28)25-13-15-7-8-18(24-12-15)27-9-2-3-10-27/h4-8,11-12,14H,2-3,9-10,13H2,1H3,(H2,25,26,28). The highest BCUT2D eigenvalue weighted by Crippen LogP contribution is 2.30. The Labute approximate surface area is 162 Å². The number of nitrogens with zero attached hydrogens (tertiary/aromatic N) is 2. The Morgan fingerprint density at radius 2 is 1.96 bits per heavy atom. The van der Waals surface area contributed by atoms with Gasteiger partial charge in [-0.25, -0.2) is 9.78 Å². The van der Waals surface area contributed by atoms with Gasteiger partial charge in [0.2, 0.25) is 0 Å². The van der Waals surface area contributed by atoms with Crippen LogP contribution >= 0.6 is 0 Å². The van der Waals surface area contributed by atoms with Crippen LogP contribution in [0.25, 0.3) is 0 Å². The van der Waals surface area contributed by atoms with Crippen LogP contribution in [0.3, 0.4) is 0 Å². The van der Waals surface area contributed by atoms with Gasteiger partial charge < -0.3 is 15.5 Å². The highest BCUT2D eigenvalue weighted by molar-refractivity contribution is 5.74. The summed E-state index contributed by atoms with van der Waals surface area (Å²) in [6, 6.07) is 7.79. The number of alkyl halides is 3. The van der Waals surface area contributed by atoms with Crippen LogP contribution in [0.1, 0.15) is 42.5 Å². The summed E-state index contributed by atoms with van der Waals surface area (Å²) in [4.78, 5) is 18.7. The van der Waals surface area contributed by atoms with E-state index in [9.17, 15) is 18.0 Å². The molecular weight excluding hydrogens is 369 g/mol. The summed E-state index contributed by atoms with van der Waals surface area (Å²) in [5.41, 5.74) is 0.509. The molecule has 0 radical (unpaired) electrons. The summed E-state index contributed by atoms with van der Waals surface area (Å²) in [7, 11) is 0. The Morgan fingerprint density at radius 1 is 1.21 bits per heavy atom. The number of anilines is 1. The van der Waals surface area contributed by atoms with E-state index >= 15 is 0 Å². The van der Waals surface area contributed by atoms with E-state index in [1.807, 2.05) is 12.1 Å². The van der Waals surface area contributed by atoms with Crippen molar-refractivity contribution in [1.82, 2.24) is 15.6 Å². The van der Waals surface area contributed by atoms with E-state index in [1.165, 1.54) is 18.9 Å². The number of benzene rings is 1. The van der Waals surface area contributed by atoms with E-state index in [2.05, 4.69) is 20.5 Å². The van der Waals surface area contributed by atoms with Crippen molar-refractivity contribution >= 4 is 11.8 Å². The third kappa shape index (κ3) is 5.15. The maximum atomic E-state index is 12.8. The molecule has 2 heterocycles. The maximum absolute atomic E-state index is 12.8. The van der Waals surface area contributed by atoms with E-state index in [0.29, 0.717) is 5.56 Å². The van der Waals surface area contributed by atoms with Gasteiger partial charge >= 0.3 is 12.2 Å². The Hall–Kier alpha value is -2.77. The minimum absolute atomic E-state index is 0.286. The van der Waals surface area contributed by atoms with Crippen LogP contribution in [0.15, 0.2) is 42.6 Å². The lowest BCUT2D eigenvalue weighted by Gasteiger charge is -2.17. The maximum Gasteiger partial charge on any atom is 0.416 e. The number of pyridine rings is 1. The van der Waals surface area contributed by atoms with Crippen molar-refractivity contribution in [2.75, 3.05) is 18.0 Å². The summed E-state index contributed by atoms with van der Waals surface area (Å²) >= 11 is 0. The fraction of sp³-hybridized carbons (Fsp3) is 0.400. The van der Waals surface area contributed by atoms with E-state index in [1.54, 1.807) is 19.2 Å². The van der Waals surface area contributed by atoms with Crippen LogP contribution in [0.4, 0.5) is 23.8 Å². The molecule has 1 aromatic heterocycles. The van der Waals surface area contributed by atoms with Crippen LogP contribution < -0.4 is 15.5 Å². The van der Waals surface area contributed by atoms with Gasteiger partial charge in [-0.05, 0) is 49.1 Å². The molecule has 8 heteroatoms. The first kappa shape index (κ1) is 20.0. The van der Waals surface area contributed by atoms with Crippen LogP contribution in [-0.4, -0.2) is 24.1 Å². The summed E-state index contributed by atoms with van der Waals surface area (Å²) in [5.74, 6) is 0.934. The average Bonchev–Trinajstić information content (AvgIpc) is 3.21. The third-order valence-corrected chi connectivity index (χ3v) is 4.75. The number of carbonyl (C=O) groups is 1. The van der Waals surface area contributed by atoms with Gasteiger partial charge in [0.05, 0.1) is 11.6 Å². The molecule has 1 atom stereocenters. The number of nitrogens with one attached hydrogen (secondary N) is 2. The van der Waals surface area contributed by atoms with Crippen molar-refractivity contribution in [2.45, 2.75) is 38.5 Å². The summed E-state index contributed by atoms with van der Waals surface area (Å²) in [6.45, 7) is 3.96. The second kappa shape index (κ2) is 8.50. The fourth-order valence-electron chi connectivity index (χ4n) is 3.15. The predicted octanol–water partition coefficient (Wildman–Crippen LogP) is 4.26. The van der Waals surface area contributed by atoms with Crippen molar-refractivity contribution < 1.29 is 18.0 Å². The summed E-state index contributed by atoms with van der Waals surface area (Å²) < 4.78 is 38.5. The lowest BCUT2D eigenvalue weighted by molar-refractivity contribution is -0.137. The quantitative estimate of drug-likeness (QED) is 0.799. The molecule has 0 bridgehead atoms. The molecular formula is C20H23F3N4O. The van der Waals surface area contributed by atoms with Crippen molar-refractivity contribution in [1.29, 1.82) is 0 Å². The van der Waals surface area contributed by atoms with E-state index < -0.39 is 23.8 Å². The molecule has 5 nitrogen and oxygen atoms in total. The number of amides is 2. The largest absolute Gasteiger partial charge is 0.416 e. The molecule has 28 heavy (non-hydrogen) atoms. The SMILES string of the molecule is CC(NC(=O)NCc1ccc(N2CCCC2)nc1)c1cccc(C(F)(F)F)c1. The minimum Gasteiger partial charge on any atom is -0.357 e. The Balaban J connectivity index is 1.51. The highest BCUT2D eigenvalue weighted by atomic mass is 19.4. The van der Waals surface area contributed by atoms with Crippen molar-refractivity contribution in [3.8, 4) is 0 Å². The molecule has 1 fully saturated rings. The smallest absolute Gasteiger partial charge is 0.357 e. The number of aromatic nitrogens is 1. The van der Waals surface area contributed by atoms with Crippen LogP contribution in [0, 0.1) is 0 Å². The molecule has 1 aromatic carbocycles. The second-order valence-corrected chi connectivity index (χ2v) is 6.89. The first-order valence-corrected chi connectivity index (χ1v) is 9.24. The van der Waals surface area contributed by atoms with Crippen molar-refractivity contribution in [2.24, 2.45) is 0 Å². The average molecular weight is 392 g/mol. The number of carbonyl (C=O) groups excluding carboxylic acids is 1. The molecule has 0 aliphatic carbocycles. The topological polar surface area (TPSA) is 57.3 Å². The molecule has 1 saturated heterocycles. The van der Waals surface area contributed by atoms with Gasteiger partial charge in [0.25, 0.3) is 0 Å². The van der Waals surface area contributed by atoms with E-state index in [-0.39, 0.29) is 6.54 Å². The number of rotatable bonds is 5. The number of hydrogen-bond donors (Lipinski definition) is 2. The zero-order valence-corrected chi connectivity index (χ0v) is 15.6. The molecule has 2 amide bonds. The molecule has 1 aliphatic heterocycles. The van der Waals surface area contributed by atoms with Gasteiger partial charge in [-0.15, -0.1) is 0 Å². The van der Waals surface area contributed by atoms with E-state index in [0.717, 1.165) is 36.6 Å². The van der Waals surface area contributed by atoms with Gasteiger partial charge in [0, 0.05) is 25.8 Å². The monoisotopic (exact) mass is 392 g/mol. The lowest BCUT2D eigenvalue weighted by atomic mass is 10.1. The Bertz CT molecular complexity index is 802. The molecule has 2 aromatic rings. The fourth-order valence-corrected chi connectivity index (χ4v) is 3.15. The summed E-state index contributed by atoms with van der Waals surface area (Å²) in [5, 5.41) is 5.36. The van der Waals surface area contributed by atoms with Crippen molar-refractivity contribution in [3.63, 3.8) is 0 Å². The zero-order valence-electron chi connectivity index (χ0n) is 15.6. The molecule has 0 saturated carbocycles. The van der Waals surface area contributed by atoms with Gasteiger partial charge in [0.15, 0.2) is 0 Å². The summed E-state index contributed by atoms with van der Waals surface area (Å²) in [6.07, 6.45) is -0.333. The minimum atomic E-state index is -4.41.